The molecule has 1 aromatic carbocycles. The molecular formula is C28H38N4O5+2. The van der Waals surface area contributed by atoms with Crippen LogP contribution in [0.1, 0.15) is 63.8 Å². The van der Waals surface area contributed by atoms with E-state index in [4.69, 9.17) is 0 Å². The van der Waals surface area contributed by atoms with Crippen LogP contribution < -0.4 is 9.13 Å². The first-order valence-corrected chi connectivity index (χ1v) is 12.2. The van der Waals surface area contributed by atoms with Crippen molar-refractivity contribution in [3.05, 3.63) is 97.6 Å². The number of phenols is 1. The van der Waals surface area contributed by atoms with Gasteiger partial charge in [-0.3, -0.25) is 20.2 Å². The normalized spacial score (nSPS) is 9.95. The molecule has 0 radical (unpaired) electrons. The molecule has 1 N–H and O–H groups in total. The van der Waals surface area contributed by atoms with Crippen molar-refractivity contribution in [3.8, 4) is 5.75 Å². The van der Waals surface area contributed by atoms with Crippen LogP contribution >= 0.6 is 0 Å². The monoisotopic (exact) mass is 510 g/mol. The maximum atomic E-state index is 11.3. The van der Waals surface area contributed by atoms with Gasteiger partial charge in [0.25, 0.3) is 0 Å². The Balaban J connectivity index is 0.00000201. The Labute approximate surface area is 219 Å². The van der Waals surface area contributed by atoms with Gasteiger partial charge in [-0.25, -0.2) is 9.13 Å². The maximum Gasteiger partial charge on any atom is 0.339 e. The average molecular weight is 511 g/mol. The Morgan fingerprint density at radius 3 is 1.51 bits per heavy atom. The van der Waals surface area contributed by atoms with E-state index in [2.05, 4.69) is 0 Å². The predicted molar refractivity (Wildman–Crippen MR) is 149 cm³/mol. The molecule has 0 saturated heterocycles. The summed E-state index contributed by atoms with van der Waals surface area (Å²) >= 11 is 0. The highest BCUT2D eigenvalue weighted by Crippen LogP contribution is 2.25. The van der Waals surface area contributed by atoms with Gasteiger partial charge in [-0.05, 0) is 29.8 Å². The summed E-state index contributed by atoms with van der Waals surface area (Å²) in [5.41, 5.74) is 1.93. The third-order valence-electron chi connectivity index (χ3n) is 4.56. The predicted octanol–water partition coefficient (Wildman–Crippen LogP) is 6.28. The second-order valence-corrected chi connectivity index (χ2v) is 6.90. The Morgan fingerprint density at radius 1 is 0.676 bits per heavy atom. The van der Waals surface area contributed by atoms with Crippen molar-refractivity contribution in [1.82, 2.24) is 0 Å². The minimum atomic E-state index is -0.467. The van der Waals surface area contributed by atoms with Crippen molar-refractivity contribution in [1.29, 1.82) is 0 Å². The quantitative estimate of drug-likeness (QED) is 0.238. The van der Waals surface area contributed by atoms with Crippen LogP contribution in [0.2, 0.25) is 0 Å². The van der Waals surface area contributed by atoms with E-state index in [1.165, 1.54) is 18.5 Å². The van der Waals surface area contributed by atoms with Crippen LogP contribution in [0, 0.1) is 20.2 Å². The third-order valence-corrected chi connectivity index (χ3v) is 4.56. The number of nitro groups is 2. The van der Waals surface area contributed by atoms with E-state index >= 15 is 0 Å². The van der Waals surface area contributed by atoms with Gasteiger partial charge in [0.2, 0.25) is 12.4 Å². The van der Waals surface area contributed by atoms with Crippen LogP contribution in [0.25, 0.3) is 24.3 Å². The number of phenolic OH excluding ortho intramolecular Hbond substituents is 1. The van der Waals surface area contributed by atoms with E-state index in [1.807, 2.05) is 41.5 Å². The number of hydrogen-bond acceptors (Lipinski definition) is 5. The molecule has 0 bridgehead atoms. The van der Waals surface area contributed by atoms with Gasteiger partial charge in [-0.15, -0.1) is 0 Å². The summed E-state index contributed by atoms with van der Waals surface area (Å²) in [6.45, 7) is 12.0. The zero-order chi connectivity index (χ0) is 28.5. The summed E-state index contributed by atoms with van der Waals surface area (Å²) in [6, 6.07) is 8.11. The summed E-state index contributed by atoms with van der Waals surface area (Å²) in [7, 11) is 3.40. The molecule has 0 saturated carbocycles. The highest BCUT2D eigenvalue weighted by atomic mass is 16.6. The topological polar surface area (TPSA) is 114 Å². The van der Waals surface area contributed by atoms with Crippen LogP contribution in [-0.2, 0) is 14.1 Å². The number of aromatic hydroxyl groups is 1. The van der Waals surface area contributed by atoms with E-state index in [-0.39, 0.29) is 17.1 Å². The van der Waals surface area contributed by atoms with E-state index < -0.39 is 9.85 Å². The summed E-state index contributed by atoms with van der Waals surface area (Å²) in [4.78, 5) is 21.6. The largest absolute Gasteiger partial charge is 0.507 e. The molecule has 9 heteroatoms. The Kier molecular flexibility index (Phi) is 15.1. The molecule has 3 aromatic rings. The molecule has 0 amide bonds. The van der Waals surface area contributed by atoms with Gasteiger partial charge in [0.15, 0.2) is 12.4 Å². The fourth-order valence-electron chi connectivity index (χ4n) is 2.95. The van der Waals surface area contributed by atoms with Gasteiger partial charge in [0.1, 0.15) is 19.8 Å². The minimum absolute atomic E-state index is 0.00950. The molecule has 2 heterocycles. The second kappa shape index (κ2) is 17.1. The molecule has 0 aliphatic carbocycles. The van der Waals surface area contributed by atoms with Crippen molar-refractivity contribution in [2.75, 3.05) is 0 Å². The van der Waals surface area contributed by atoms with E-state index in [0.29, 0.717) is 22.3 Å². The molecule has 198 valence electrons. The molecule has 0 aliphatic heterocycles. The van der Waals surface area contributed by atoms with Gasteiger partial charge < -0.3 is 5.11 Å². The Hall–Kier alpha value is -4.40. The molecule has 0 unspecified atom stereocenters. The SMILES string of the molecule is CC.CC.CC.C[n+]1ccc(/C=C/c2ccc(O)c(/C=C/c3cc[n+](C)cc3[N+](=O)[O-])c2)c([N+](=O)[O-])c1. The summed E-state index contributed by atoms with van der Waals surface area (Å²) in [5.74, 6) is 0.00950. The van der Waals surface area contributed by atoms with Gasteiger partial charge in [0, 0.05) is 17.7 Å². The highest BCUT2D eigenvalue weighted by molar-refractivity contribution is 5.79. The fourth-order valence-corrected chi connectivity index (χ4v) is 2.95. The lowest BCUT2D eigenvalue weighted by Crippen LogP contribution is -2.27. The maximum absolute atomic E-state index is 11.3. The lowest BCUT2D eigenvalue weighted by molar-refractivity contribution is -0.674. The lowest BCUT2D eigenvalue weighted by atomic mass is 10.1. The van der Waals surface area contributed by atoms with E-state index in [9.17, 15) is 25.3 Å². The highest BCUT2D eigenvalue weighted by Gasteiger charge is 2.17. The number of benzene rings is 1. The first kappa shape index (κ1) is 32.6. The fraction of sp³-hybridized carbons (Fsp3) is 0.286. The third kappa shape index (κ3) is 10.0. The Bertz CT molecular complexity index is 1240. The molecule has 0 atom stereocenters. The van der Waals surface area contributed by atoms with Crippen molar-refractivity contribution in [2.24, 2.45) is 14.1 Å². The van der Waals surface area contributed by atoms with Crippen LogP contribution in [0.3, 0.4) is 0 Å². The van der Waals surface area contributed by atoms with E-state index in [0.717, 1.165) is 0 Å². The molecule has 0 aliphatic rings. The standard InChI is InChI=1S/C22H19N4O5.3C2H6/c1-23-11-9-17(20(14-23)25(28)29)5-3-16-4-8-22(27)19(13-16)7-6-18-10-12-24(2)15-21(18)26(30)31;3*1-2/h3-15H,1-2H3;3*1-2H3/q+1;;;/p+1. The van der Waals surface area contributed by atoms with Gasteiger partial charge >= 0.3 is 11.4 Å². The first-order chi connectivity index (χ1) is 17.7. The van der Waals surface area contributed by atoms with Gasteiger partial charge in [0.05, 0.1) is 21.0 Å². The molecule has 0 spiro atoms. The van der Waals surface area contributed by atoms with Crippen molar-refractivity contribution in [3.63, 3.8) is 0 Å². The summed E-state index contributed by atoms with van der Waals surface area (Å²) in [5, 5.41) is 32.7. The number of nitrogens with zero attached hydrogens (tertiary/aromatic N) is 4. The van der Waals surface area contributed by atoms with Crippen LogP contribution in [-0.4, -0.2) is 15.0 Å². The Morgan fingerprint density at radius 2 is 1.08 bits per heavy atom. The summed E-state index contributed by atoms with van der Waals surface area (Å²) in [6.07, 6.45) is 12.7. The zero-order valence-corrected chi connectivity index (χ0v) is 22.9. The second-order valence-electron chi connectivity index (χ2n) is 6.90. The number of aromatic nitrogens is 2. The van der Waals surface area contributed by atoms with Crippen molar-refractivity contribution >= 4 is 35.7 Å². The molecular weight excluding hydrogens is 472 g/mol. The minimum Gasteiger partial charge on any atom is -0.507 e. The average Bonchev–Trinajstić information content (AvgIpc) is 2.91. The zero-order valence-electron chi connectivity index (χ0n) is 22.9. The van der Waals surface area contributed by atoms with Crippen LogP contribution in [0.15, 0.2) is 55.1 Å². The number of hydrogen-bond donors (Lipinski definition) is 1. The summed E-state index contributed by atoms with van der Waals surface area (Å²) < 4.78 is 3.18. The van der Waals surface area contributed by atoms with Crippen molar-refractivity contribution < 1.29 is 24.1 Å². The molecule has 0 fully saturated rings. The molecule has 3 rings (SSSR count). The molecule has 37 heavy (non-hydrogen) atoms. The van der Waals surface area contributed by atoms with Crippen molar-refractivity contribution in [2.45, 2.75) is 41.5 Å². The van der Waals surface area contributed by atoms with E-state index in [1.54, 1.807) is 84.2 Å². The van der Waals surface area contributed by atoms with Crippen LogP contribution in [0.4, 0.5) is 11.4 Å². The molecule has 9 nitrogen and oxygen atoms in total. The number of pyridine rings is 2. The van der Waals surface area contributed by atoms with Gasteiger partial charge in [-0.2, -0.15) is 0 Å². The lowest BCUT2D eigenvalue weighted by Gasteiger charge is -2.02. The van der Waals surface area contributed by atoms with Crippen LogP contribution in [0.5, 0.6) is 5.75 Å². The smallest absolute Gasteiger partial charge is 0.339 e. The number of rotatable bonds is 6. The molecule has 2 aromatic heterocycles. The van der Waals surface area contributed by atoms with Gasteiger partial charge in [-0.1, -0.05) is 59.8 Å². The first-order valence-electron chi connectivity index (χ1n) is 12.2. The number of aryl methyl sites for hydroxylation is 2.